The van der Waals surface area contributed by atoms with Gasteiger partial charge in [-0.15, -0.1) is 24.0 Å². The van der Waals surface area contributed by atoms with Crippen LogP contribution in [0.1, 0.15) is 44.1 Å². The summed E-state index contributed by atoms with van der Waals surface area (Å²) in [6.07, 6.45) is 15.6. The summed E-state index contributed by atoms with van der Waals surface area (Å²) in [6, 6.07) is 4.09. The highest BCUT2D eigenvalue weighted by molar-refractivity contribution is 14.0. The van der Waals surface area contributed by atoms with Crippen LogP contribution in [0.5, 0.6) is 0 Å². The molecule has 0 unspecified atom stereocenters. The smallest absolute Gasteiger partial charge is 0.193 e. The van der Waals surface area contributed by atoms with Crippen LogP contribution in [0.2, 0.25) is 0 Å². The molecule has 7 heteroatoms. The third-order valence-corrected chi connectivity index (χ3v) is 5.92. The van der Waals surface area contributed by atoms with Crippen LogP contribution >= 0.6 is 24.0 Å². The van der Waals surface area contributed by atoms with E-state index in [1.807, 2.05) is 30.1 Å². The van der Waals surface area contributed by atoms with E-state index in [1.54, 1.807) is 12.5 Å². The molecule has 1 spiro atoms. The molecule has 146 valence electrons. The number of hydrogen-bond donors (Lipinski definition) is 1. The highest BCUT2D eigenvalue weighted by atomic mass is 127. The van der Waals surface area contributed by atoms with Gasteiger partial charge < -0.3 is 10.2 Å². The Kier molecular flexibility index (Phi) is 6.73. The fourth-order valence-corrected chi connectivity index (χ4v) is 4.52. The van der Waals surface area contributed by atoms with Gasteiger partial charge in [0.25, 0.3) is 0 Å². The van der Waals surface area contributed by atoms with Crippen molar-refractivity contribution in [3.05, 3.63) is 42.6 Å². The lowest BCUT2D eigenvalue weighted by Crippen LogP contribution is -2.41. The second-order valence-corrected chi connectivity index (χ2v) is 7.59. The molecule has 1 aliphatic heterocycles. The standard InChI is InChI=1S/C20H28N6.HI/c1-21-19(25-12-9-20(15-25)7-3-2-4-8-20)24-14-17-6-5-10-23-18(17)26-13-11-22-16-26;/h5-6,10-11,13,16H,2-4,7-9,12,14-15H2,1H3,(H,21,24);1H. The molecular formula is C20H29IN6. The van der Waals surface area contributed by atoms with Crippen molar-refractivity contribution < 1.29 is 0 Å². The molecule has 6 nitrogen and oxygen atoms in total. The zero-order valence-electron chi connectivity index (χ0n) is 16.0. The summed E-state index contributed by atoms with van der Waals surface area (Å²) in [7, 11) is 1.88. The van der Waals surface area contributed by atoms with Gasteiger partial charge in [-0.3, -0.25) is 9.56 Å². The van der Waals surface area contributed by atoms with Crippen molar-refractivity contribution >= 4 is 29.9 Å². The number of nitrogens with zero attached hydrogens (tertiary/aromatic N) is 5. The van der Waals surface area contributed by atoms with Crippen LogP contribution in [0.4, 0.5) is 0 Å². The minimum absolute atomic E-state index is 0. The van der Waals surface area contributed by atoms with Crippen LogP contribution in [0, 0.1) is 5.41 Å². The molecule has 0 aromatic carbocycles. The first kappa shape index (κ1) is 20.1. The fraction of sp³-hybridized carbons (Fsp3) is 0.550. The molecule has 0 amide bonds. The van der Waals surface area contributed by atoms with E-state index in [9.17, 15) is 0 Å². The molecule has 1 saturated carbocycles. The molecule has 0 bridgehead atoms. The number of rotatable bonds is 3. The van der Waals surface area contributed by atoms with Crippen LogP contribution in [-0.4, -0.2) is 45.5 Å². The lowest BCUT2D eigenvalue weighted by molar-refractivity contribution is 0.203. The van der Waals surface area contributed by atoms with Crippen molar-refractivity contribution in [3.8, 4) is 5.82 Å². The molecule has 3 heterocycles. The molecule has 2 fully saturated rings. The van der Waals surface area contributed by atoms with E-state index < -0.39 is 0 Å². The molecule has 2 aliphatic rings. The van der Waals surface area contributed by atoms with Crippen molar-refractivity contribution in [2.24, 2.45) is 10.4 Å². The number of pyridine rings is 1. The Morgan fingerprint density at radius 2 is 2.07 bits per heavy atom. The van der Waals surface area contributed by atoms with Crippen molar-refractivity contribution in [1.82, 2.24) is 24.8 Å². The molecule has 27 heavy (non-hydrogen) atoms. The van der Waals surface area contributed by atoms with Gasteiger partial charge in [-0.1, -0.05) is 25.3 Å². The Morgan fingerprint density at radius 3 is 2.81 bits per heavy atom. The Labute approximate surface area is 178 Å². The van der Waals surface area contributed by atoms with Gasteiger partial charge >= 0.3 is 0 Å². The molecule has 4 rings (SSSR count). The average molecular weight is 480 g/mol. The van der Waals surface area contributed by atoms with Gasteiger partial charge in [0, 0.05) is 50.8 Å². The molecule has 0 atom stereocenters. The van der Waals surface area contributed by atoms with Crippen LogP contribution in [0.3, 0.4) is 0 Å². The maximum absolute atomic E-state index is 4.55. The maximum atomic E-state index is 4.55. The number of halogens is 1. The van der Waals surface area contributed by atoms with E-state index in [-0.39, 0.29) is 24.0 Å². The lowest BCUT2D eigenvalue weighted by Gasteiger charge is -2.33. The Bertz CT molecular complexity index is 752. The predicted molar refractivity (Wildman–Crippen MR) is 119 cm³/mol. The first-order chi connectivity index (χ1) is 12.8. The minimum Gasteiger partial charge on any atom is -0.352 e. The number of hydrogen-bond acceptors (Lipinski definition) is 3. The van der Waals surface area contributed by atoms with Crippen LogP contribution in [0.25, 0.3) is 5.82 Å². The van der Waals surface area contributed by atoms with Crippen molar-refractivity contribution in [2.75, 3.05) is 20.1 Å². The topological polar surface area (TPSA) is 58.3 Å². The quantitative estimate of drug-likeness (QED) is 0.414. The van der Waals surface area contributed by atoms with E-state index in [4.69, 9.17) is 0 Å². The second-order valence-electron chi connectivity index (χ2n) is 7.59. The summed E-state index contributed by atoms with van der Waals surface area (Å²) in [4.78, 5) is 15.6. The van der Waals surface area contributed by atoms with Gasteiger partial charge in [-0.25, -0.2) is 9.97 Å². The van der Waals surface area contributed by atoms with E-state index in [0.29, 0.717) is 12.0 Å². The van der Waals surface area contributed by atoms with Crippen LogP contribution < -0.4 is 5.32 Å². The summed E-state index contributed by atoms with van der Waals surface area (Å²) >= 11 is 0. The van der Waals surface area contributed by atoms with Gasteiger partial charge in [-0.2, -0.15) is 0 Å². The molecule has 1 saturated heterocycles. The Morgan fingerprint density at radius 1 is 1.22 bits per heavy atom. The largest absolute Gasteiger partial charge is 0.352 e. The van der Waals surface area contributed by atoms with Gasteiger partial charge in [0.2, 0.25) is 0 Å². The minimum atomic E-state index is 0. The van der Waals surface area contributed by atoms with Gasteiger partial charge in [-0.05, 0) is 30.7 Å². The van der Waals surface area contributed by atoms with Gasteiger partial charge in [0.15, 0.2) is 5.96 Å². The second kappa shape index (κ2) is 9.03. The number of aliphatic imine (C=N–C) groups is 1. The van der Waals surface area contributed by atoms with E-state index in [2.05, 4.69) is 31.2 Å². The molecule has 1 N–H and O–H groups in total. The van der Waals surface area contributed by atoms with Gasteiger partial charge in [0.05, 0.1) is 0 Å². The first-order valence-corrected chi connectivity index (χ1v) is 9.68. The highest BCUT2D eigenvalue weighted by Crippen LogP contribution is 2.43. The number of guanidine groups is 1. The zero-order chi connectivity index (χ0) is 17.8. The Hall–Kier alpha value is -1.64. The highest BCUT2D eigenvalue weighted by Gasteiger charge is 2.39. The third-order valence-electron chi connectivity index (χ3n) is 5.92. The number of aromatic nitrogens is 3. The maximum Gasteiger partial charge on any atom is 0.193 e. The molecule has 2 aromatic rings. The molecule has 0 radical (unpaired) electrons. The zero-order valence-corrected chi connectivity index (χ0v) is 18.3. The first-order valence-electron chi connectivity index (χ1n) is 9.68. The summed E-state index contributed by atoms with van der Waals surface area (Å²) in [6.45, 7) is 2.96. The van der Waals surface area contributed by atoms with Crippen LogP contribution in [0.15, 0.2) is 42.0 Å². The molecule has 2 aromatic heterocycles. The van der Waals surface area contributed by atoms with E-state index in [0.717, 1.165) is 30.4 Å². The van der Waals surface area contributed by atoms with Crippen molar-refractivity contribution in [1.29, 1.82) is 0 Å². The average Bonchev–Trinajstić information content (AvgIpc) is 3.34. The van der Waals surface area contributed by atoms with E-state index in [1.165, 1.54) is 38.5 Å². The number of imidazole rings is 1. The lowest BCUT2D eigenvalue weighted by atomic mass is 9.73. The summed E-state index contributed by atoms with van der Waals surface area (Å²) in [5.41, 5.74) is 1.67. The molecular weight excluding hydrogens is 451 g/mol. The van der Waals surface area contributed by atoms with Crippen molar-refractivity contribution in [3.63, 3.8) is 0 Å². The van der Waals surface area contributed by atoms with Crippen molar-refractivity contribution in [2.45, 2.75) is 45.1 Å². The Balaban J connectivity index is 0.00000210. The third kappa shape index (κ3) is 4.44. The summed E-state index contributed by atoms with van der Waals surface area (Å²) in [5.74, 6) is 1.92. The van der Waals surface area contributed by atoms with E-state index >= 15 is 0 Å². The molecule has 1 aliphatic carbocycles. The normalized spacial score (nSPS) is 19.1. The monoisotopic (exact) mass is 480 g/mol. The number of likely N-dealkylation sites (tertiary alicyclic amines) is 1. The summed E-state index contributed by atoms with van der Waals surface area (Å²) < 4.78 is 1.95. The van der Waals surface area contributed by atoms with Gasteiger partial charge in [0.1, 0.15) is 12.1 Å². The predicted octanol–water partition coefficient (Wildman–Crippen LogP) is 3.62. The SMILES string of the molecule is CN=C(NCc1cccnc1-n1ccnc1)N1CCC2(CCCCC2)C1.I. The number of nitrogens with one attached hydrogen (secondary N) is 1. The fourth-order valence-electron chi connectivity index (χ4n) is 4.52. The summed E-state index contributed by atoms with van der Waals surface area (Å²) in [5, 5.41) is 3.55. The van der Waals surface area contributed by atoms with Crippen LogP contribution in [-0.2, 0) is 6.54 Å².